The van der Waals surface area contributed by atoms with Crippen LogP contribution in [-0.2, 0) is 11.3 Å². The molecule has 0 spiro atoms. The highest BCUT2D eigenvalue weighted by molar-refractivity contribution is 5.82. The number of nitrogens with zero attached hydrogens (tertiary/aromatic N) is 2. The maximum Gasteiger partial charge on any atom is 0.237 e. The molecule has 2 aromatic carbocycles. The lowest BCUT2D eigenvalue weighted by Gasteiger charge is -2.30. The van der Waals surface area contributed by atoms with Crippen LogP contribution in [0.3, 0.4) is 0 Å². The molecular formula is C25H33N3O. The molecule has 2 unspecified atom stereocenters. The molecule has 2 aliphatic heterocycles. The Morgan fingerprint density at radius 1 is 1.00 bits per heavy atom. The van der Waals surface area contributed by atoms with Crippen LogP contribution in [-0.4, -0.2) is 47.9 Å². The predicted octanol–water partition coefficient (Wildman–Crippen LogP) is 3.91. The van der Waals surface area contributed by atoms with Gasteiger partial charge in [0.25, 0.3) is 0 Å². The molecule has 4 rings (SSSR count). The van der Waals surface area contributed by atoms with E-state index in [0.29, 0.717) is 6.54 Å². The summed E-state index contributed by atoms with van der Waals surface area (Å²) in [7, 11) is 0. The Hall–Kier alpha value is -2.17. The van der Waals surface area contributed by atoms with Gasteiger partial charge >= 0.3 is 0 Å². The van der Waals surface area contributed by atoms with Crippen LogP contribution in [0.15, 0.2) is 54.6 Å². The summed E-state index contributed by atoms with van der Waals surface area (Å²) in [6, 6.07) is 19.6. The summed E-state index contributed by atoms with van der Waals surface area (Å²) in [5.74, 6) is 0.190. The molecule has 4 nitrogen and oxygen atoms in total. The van der Waals surface area contributed by atoms with Crippen LogP contribution in [0.4, 0.5) is 0 Å². The molecular weight excluding hydrogens is 358 g/mol. The van der Waals surface area contributed by atoms with E-state index in [1.165, 1.54) is 29.5 Å². The summed E-state index contributed by atoms with van der Waals surface area (Å²) in [6.45, 7) is 6.91. The number of carbonyl (C=O) groups is 1. The SMILES string of the molecule is Cc1ccc(C(CNC(=O)C2CCCN2Cc2ccccc2)N2CCCC2)cc1. The monoisotopic (exact) mass is 391 g/mol. The summed E-state index contributed by atoms with van der Waals surface area (Å²) in [4.78, 5) is 17.9. The van der Waals surface area contributed by atoms with Gasteiger partial charge in [0.05, 0.1) is 12.1 Å². The number of hydrogen-bond donors (Lipinski definition) is 1. The first-order valence-electron chi connectivity index (χ1n) is 11.1. The first kappa shape index (κ1) is 20.1. The topological polar surface area (TPSA) is 35.6 Å². The molecule has 2 aliphatic rings. The third kappa shape index (κ3) is 5.06. The summed E-state index contributed by atoms with van der Waals surface area (Å²) < 4.78 is 0. The molecule has 0 aliphatic carbocycles. The molecule has 2 heterocycles. The molecule has 2 aromatic rings. The number of benzene rings is 2. The van der Waals surface area contributed by atoms with Gasteiger partial charge in [-0.3, -0.25) is 14.6 Å². The molecule has 29 heavy (non-hydrogen) atoms. The van der Waals surface area contributed by atoms with Gasteiger partial charge in [0, 0.05) is 13.1 Å². The number of rotatable bonds is 7. The number of aryl methyl sites for hydroxylation is 1. The normalized spacial score (nSPS) is 21.3. The van der Waals surface area contributed by atoms with Crippen LogP contribution in [0.5, 0.6) is 0 Å². The van der Waals surface area contributed by atoms with Crippen molar-refractivity contribution < 1.29 is 4.79 Å². The number of carbonyl (C=O) groups excluding carboxylic acids is 1. The van der Waals surface area contributed by atoms with E-state index >= 15 is 0 Å². The second-order valence-corrected chi connectivity index (χ2v) is 8.53. The Kier molecular flexibility index (Phi) is 6.63. The standard InChI is InChI=1S/C25H33N3O/c1-20-11-13-22(14-12-20)24(27-15-5-6-16-27)18-26-25(29)23-10-7-17-28(23)19-21-8-3-2-4-9-21/h2-4,8-9,11-14,23-24H,5-7,10,15-19H2,1H3,(H,26,29). The van der Waals surface area contributed by atoms with Gasteiger partial charge in [-0.15, -0.1) is 0 Å². The van der Waals surface area contributed by atoms with E-state index in [0.717, 1.165) is 39.0 Å². The zero-order chi connectivity index (χ0) is 20.1. The van der Waals surface area contributed by atoms with E-state index in [1.807, 2.05) is 6.07 Å². The molecule has 0 bridgehead atoms. The van der Waals surface area contributed by atoms with Crippen LogP contribution < -0.4 is 5.32 Å². The van der Waals surface area contributed by atoms with Gasteiger partial charge < -0.3 is 5.32 Å². The lowest BCUT2D eigenvalue weighted by Crippen LogP contribution is -2.45. The van der Waals surface area contributed by atoms with E-state index in [4.69, 9.17) is 0 Å². The van der Waals surface area contributed by atoms with Crippen LogP contribution in [0.2, 0.25) is 0 Å². The molecule has 2 fully saturated rings. The Bertz CT molecular complexity index is 783. The molecule has 1 amide bonds. The van der Waals surface area contributed by atoms with Crippen molar-refractivity contribution in [3.63, 3.8) is 0 Å². The van der Waals surface area contributed by atoms with Crippen molar-refractivity contribution in [3.05, 3.63) is 71.3 Å². The van der Waals surface area contributed by atoms with E-state index in [1.54, 1.807) is 0 Å². The number of nitrogens with one attached hydrogen (secondary N) is 1. The van der Waals surface area contributed by atoms with E-state index < -0.39 is 0 Å². The first-order valence-corrected chi connectivity index (χ1v) is 11.1. The lowest BCUT2D eigenvalue weighted by molar-refractivity contribution is -0.125. The molecule has 0 radical (unpaired) electrons. The lowest BCUT2D eigenvalue weighted by atomic mass is 10.0. The van der Waals surface area contributed by atoms with Crippen molar-refractivity contribution in [2.45, 2.75) is 51.2 Å². The van der Waals surface area contributed by atoms with E-state index in [9.17, 15) is 4.79 Å². The Balaban J connectivity index is 1.39. The number of amides is 1. The van der Waals surface area contributed by atoms with Gasteiger partial charge in [-0.1, -0.05) is 60.2 Å². The van der Waals surface area contributed by atoms with Gasteiger partial charge in [-0.25, -0.2) is 0 Å². The number of hydrogen-bond acceptors (Lipinski definition) is 3. The Morgan fingerprint density at radius 3 is 2.45 bits per heavy atom. The maximum atomic E-state index is 13.1. The minimum absolute atomic E-state index is 0.00699. The second kappa shape index (κ2) is 9.55. The van der Waals surface area contributed by atoms with Gasteiger partial charge in [0.1, 0.15) is 0 Å². The summed E-state index contributed by atoms with van der Waals surface area (Å²) in [5, 5.41) is 3.31. The fraction of sp³-hybridized carbons (Fsp3) is 0.480. The van der Waals surface area contributed by atoms with Gasteiger partial charge in [0.2, 0.25) is 5.91 Å². The summed E-state index contributed by atoms with van der Waals surface area (Å²) in [6.07, 6.45) is 4.56. The highest BCUT2D eigenvalue weighted by Gasteiger charge is 2.31. The third-order valence-corrected chi connectivity index (χ3v) is 6.41. The molecule has 0 saturated carbocycles. The Morgan fingerprint density at radius 2 is 1.72 bits per heavy atom. The van der Waals surface area contributed by atoms with Gasteiger partial charge in [-0.2, -0.15) is 0 Å². The first-order chi connectivity index (χ1) is 14.2. The quantitative estimate of drug-likeness (QED) is 0.777. The maximum absolute atomic E-state index is 13.1. The average molecular weight is 392 g/mol. The van der Waals surface area contributed by atoms with Crippen molar-refractivity contribution in [3.8, 4) is 0 Å². The minimum Gasteiger partial charge on any atom is -0.353 e. The molecule has 4 heteroatoms. The van der Waals surface area contributed by atoms with Crippen molar-refractivity contribution >= 4 is 5.91 Å². The fourth-order valence-electron chi connectivity index (χ4n) is 4.74. The largest absolute Gasteiger partial charge is 0.353 e. The smallest absolute Gasteiger partial charge is 0.237 e. The zero-order valence-corrected chi connectivity index (χ0v) is 17.5. The van der Waals surface area contributed by atoms with E-state index in [-0.39, 0.29) is 18.0 Å². The van der Waals surface area contributed by atoms with Gasteiger partial charge in [0.15, 0.2) is 0 Å². The molecule has 2 saturated heterocycles. The molecule has 0 aromatic heterocycles. The van der Waals surface area contributed by atoms with Crippen LogP contribution >= 0.6 is 0 Å². The Labute approximate surface area is 174 Å². The van der Waals surface area contributed by atoms with Crippen LogP contribution in [0.1, 0.15) is 48.4 Å². The average Bonchev–Trinajstić information content (AvgIpc) is 3.42. The van der Waals surface area contributed by atoms with Gasteiger partial charge in [-0.05, 0) is 63.4 Å². The fourth-order valence-corrected chi connectivity index (χ4v) is 4.74. The van der Waals surface area contributed by atoms with Crippen LogP contribution in [0, 0.1) is 6.92 Å². The third-order valence-electron chi connectivity index (χ3n) is 6.41. The highest BCUT2D eigenvalue weighted by atomic mass is 16.2. The van der Waals surface area contributed by atoms with Crippen molar-refractivity contribution in [1.82, 2.24) is 15.1 Å². The highest BCUT2D eigenvalue weighted by Crippen LogP contribution is 2.26. The van der Waals surface area contributed by atoms with Crippen molar-refractivity contribution in [2.75, 3.05) is 26.2 Å². The minimum atomic E-state index is -0.00699. The summed E-state index contributed by atoms with van der Waals surface area (Å²) >= 11 is 0. The predicted molar refractivity (Wildman–Crippen MR) is 118 cm³/mol. The van der Waals surface area contributed by atoms with Crippen LogP contribution in [0.25, 0.3) is 0 Å². The zero-order valence-electron chi connectivity index (χ0n) is 17.5. The summed E-state index contributed by atoms with van der Waals surface area (Å²) in [5.41, 5.74) is 3.87. The molecule has 2 atom stereocenters. The van der Waals surface area contributed by atoms with Crippen molar-refractivity contribution in [2.24, 2.45) is 0 Å². The van der Waals surface area contributed by atoms with E-state index in [2.05, 4.69) is 70.6 Å². The molecule has 154 valence electrons. The van der Waals surface area contributed by atoms with Crippen molar-refractivity contribution in [1.29, 1.82) is 0 Å². The second-order valence-electron chi connectivity index (χ2n) is 8.53. The number of likely N-dealkylation sites (tertiary alicyclic amines) is 2. The molecule has 1 N–H and O–H groups in total.